The van der Waals surface area contributed by atoms with Crippen molar-refractivity contribution in [2.75, 3.05) is 13.1 Å². The van der Waals surface area contributed by atoms with Crippen LogP contribution in [0.25, 0.3) is 0 Å². The van der Waals surface area contributed by atoms with Gasteiger partial charge < -0.3 is 5.73 Å². The number of pyridine rings is 1. The molecule has 3 nitrogen and oxygen atoms in total. The largest absolute Gasteiger partial charge is 0.329 e. The molecule has 2 unspecified atom stereocenters. The van der Waals surface area contributed by atoms with Crippen LogP contribution in [-0.2, 0) is 0 Å². The van der Waals surface area contributed by atoms with Gasteiger partial charge in [0.25, 0.3) is 0 Å². The Hall–Kier alpha value is -0.930. The normalized spacial score (nSPS) is 23.2. The molecule has 0 radical (unpaired) electrons. The molecule has 1 aromatic rings. The topological polar surface area (TPSA) is 42.1 Å². The van der Waals surface area contributed by atoms with Gasteiger partial charge in [-0.3, -0.25) is 9.88 Å². The molecule has 17 heavy (non-hydrogen) atoms. The van der Waals surface area contributed by atoms with E-state index in [-0.39, 0.29) is 0 Å². The molecule has 1 aromatic heterocycles. The van der Waals surface area contributed by atoms with Gasteiger partial charge in [-0.25, -0.2) is 0 Å². The van der Waals surface area contributed by atoms with Gasteiger partial charge >= 0.3 is 0 Å². The third-order valence-electron chi connectivity index (χ3n) is 3.83. The van der Waals surface area contributed by atoms with E-state index in [4.69, 9.17) is 5.73 Å². The Kier molecular flexibility index (Phi) is 4.13. The smallest absolute Gasteiger partial charge is 0.0474 e. The minimum atomic E-state index is 0.355. The lowest BCUT2D eigenvalue weighted by molar-refractivity contribution is 0.149. The fourth-order valence-electron chi connectivity index (χ4n) is 2.97. The van der Waals surface area contributed by atoms with Crippen LogP contribution >= 0.6 is 0 Å². The molecular formula is C14H23N3. The Bertz CT molecular complexity index is 337. The van der Waals surface area contributed by atoms with Crippen molar-refractivity contribution < 1.29 is 0 Å². The average molecular weight is 233 g/mol. The maximum Gasteiger partial charge on any atom is 0.0474 e. The van der Waals surface area contributed by atoms with Crippen molar-refractivity contribution in [1.82, 2.24) is 9.88 Å². The molecule has 1 saturated heterocycles. The summed E-state index contributed by atoms with van der Waals surface area (Å²) in [5, 5.41) is 0. The molecule has 2 N–H and O–H groups in total. The summed E-state index contributed by atoms with van der Waals surface area (Å²) in [7, 11) is 0. The molecule has 1 aliphatic rings. The van der Waals surface area contributed by atoms with Gasteiger partial charge in [0.15, 0.2) is 0 Å². The first-order valence-electron chi connectivity index (χ1n) is 6.59. The predicted molar refractivity (Wildman–Crippen MR) is 70.6 cm³/mol. The molecule has 0 aliphatic carbocycles. The summed E-state index contributed by atoms with van der Waals surface area (Å²) in [6, 6.07) is 5.21. The SMILES string of the molecule is CC(C)C1CCCN1C(CN)c1ccncc1. The zero-order valence-corrected chi connectivity index (χ0v) is 10.8. The van der Waals surface area contributed by atoms with Crippen molar-refractivity contribution in [3.63, 3.8) is 0 Å². The number of hydrogen-bond acceptors (Lipinski definition) is 3. The van der Waals surface area contributed by atoms with Crippen LogP contribution in [0.1, 0.15) is 38.3 Å². The highest BCUT2D eigenvalue weighted by Gasteiger charge is 2.32. The van der Waals surface area contributed by atoms with Crippen LogP contribution in [-0.4, -0.2) is 29.0 Å². The zero-order valence-electron chi connectivity index (χ0n) is 10.8. The third-order valence-corrected chi connectivity index (χ3v) is 3.83. The van der Waals surface area contributed by atoms with Gasteiger partial charge in [0, 0.05) is 31.0 Å². The molecule has 2 atom stereocenters. The molecule has 94 valence electrons. The quantitative estimate of drug-likeness (QED) is 0.867. The zero-order chi connectivity index (χ0) is 12.3. The summed E-state index contributed by atoms with van der Waals surface area (Å²) in [5.41, 5.74) is 7.29. The van der Waals surface area contributed by atoms with Crippen LogP contribution in [0.2, 0.25) is 0 Å². The Morgan fingerprint density at radius 1 is 1.41 bits per heavy atom. The lowest BCUT2D eigenvalue weighted by Gasteiger charge is -2.34. The van der Waals surface area contributed by atoms with E-state index < -0.39 is 0 Å². The molecule has 0 spiro atoms. The highest BCUT2D eigenvalue weighted by Crippen LogP contribution is 2.32. The first-order valence-corrected chi connectivity index (χ1v) is 6.59. The van der Waals surface area contributed by atoms with E-state index >= 15 is 0 Å². The van der Waals surface area contributed by atoms with Crippen LogP contribution in [0.15, 0.2) is 24.5 Å². The summed E-state index contributed by atoms with van der Waals surface area (Å²) < 4.78 is 0. The molecule has 1 aliphatic heterocycles. The van der Waals surface area contributed by atoms with Crippen molar-refractivity contribution in [2.24, 2.45) is 11.7 Å². The van der Waals surface area contributed by atoms with Crippen LogP contribution in [0.4, 0.5) is 0 Å². The van der Waals surface area contributed by atoms with Gasteiger partial charge in [-0.1, -0.05) is 13.8 Å². The van der Waals surface area contributed by atoms with Gasteiger partial charge in [-0.2, -0.15) is 0 Å². The second kappa shape index (κ2) is 5.61. The van der Waals surface area contributed by atoms with E-state index in [0.717, 1.165) is 0 Å². The van der Waals surface area contributed by atoms with E-state index in [1.54, 1.807) is 0 Å². The molecular weight excluding hydrogens is 210 g/mol. The van der Waals surface area contributed by atoms with E-state index in [1.807, 2.05) is 12.4 Å². The standard InChI is InChI=1S/C14H23N3/c1-11(2)13-4-3-9-17(13)14(10-15)12-5-7-16-8-6-12/h5-8,11,13-14H,3-4,9-10,15H2,1-2H3. The number of rotatable bonds is 4. The molecule has 0 saturated carbocycles. The van der Waals surface area contributed by atoms with Crippen molar-refractivity contribution in [2.45, 2.75) is 38.8 Å². The van der Waals surface area contributed by atoms with E-state index in [9.17, 15) is 0 Å². The first-order chi connectivity index (χ1) is 8.24. The van der Waals surface area contributed by atoms with Crippen LogP contribution < -0.4 is 5.73 Å². The molecule has 2 heterocycles. The Labute approximate surface area is 104 Å². The maximum atomic E-state index is 5.98. The summed E-state index contributed by atoms with van der Waals surface area (Å²) >= 11 is 0. The van der Waals surface area contributed by atoms with Crippen LogP contribution in [0.3, 0.4) is 0 Å². The van der Waals surface area contributed by atoms with Crippen LogP contribution in [0.5, 0.6) is 0 Å². The number of likely N-dealkylation sites (tertiary alicyclic amines) is 1. The van der Waals surface area contributed by atoms with Crippen molar-refractivity contribution in [3.8, 4) is 0 Å². The number of hydrogen-bond donors (Lipinski definition) is 1. The van der Waals surface area contributed by atoms with Crippen molar-refractivity contribution in [1.29, 1.82) is 0 Å². The first kappa shape index (κ1) is 12.5. The lowest BCUT2D eigenvalue weighted by atomic mass is 9.99. The molecule has 1 fully saturated rings. The van der Waals surface area contributed by atoms with E-state index in [2.05, 4.69) is 35.9 Å². The Morgan fingerprint density at radius 3 is 2.71 bits per heavy atom. The molecule has 3 heteroatoms. The summed E-state index contributed by atoms with van der Waals surface area (Å²) in [4.78, 5) is 6.67. The second-order valence-electron chi connectivity index (χ2n) is 5.22. The van der Waals surface area contributed by atoms with E-state index in [0.29, 0.717) is 24.5 Å². The van der Waals surface area contributed by atoms with Gasteiger partial charge in [0.2, 0.25) is 0 Å². The highest BCUT2D eigenvalue weighted by molar-refractivity contribution is 5.16. The van der Waals surface area contributed by atoms with Crippen molar-refractivity contribution >= 4 is 0 Å². The predicted octanol–water partition coefficient (Wildman–Crippen LogP) is 2.20. The number of nitrogens with zero attached hydrogens (tertiary/aromatic N) is 2. The summed E-state index contributed by atoms with van der Waals surface area (Å²) in [6.45, 7) is 6.48. The fraction of sp³-hybridized carbons (Fsp3) is 0.643. The molecule has 0 amide bonds. The Balaban J connectivity index is 2.18. The summed E-state index contributed by atoms with van der Waals surface area (Å²) in [5.74, 6) is 0.702. The fourth-order valence-corrected chi connectivity index (χ4v) is 2.97. The van der Waals surface area contributed by atoms with Crippen molar-refractivity contribution in [3.05, 3.63) is 30.1 Å². The Morgan fingerprint density at radius 2 is 2.12 bits per heavy atom. The molecule has 2 rings (SSSR count). The molecule has 0 bridgehead atoms. The maximum absolute atomic E-state index is 5.98. The van der Waals surface area contributed by atoms with Gasteiger partial charge in [0.05, 0.1) is 0 Å². The van der Waals surface area contributed by atoms with Crippen LogP contribution in [0, 0.1) is 5.92 Å². The number of nitrogens with two attached hydrogens (primary N) is 1. The van der Waals surface area contributed by atoms with Gasteiger partial charge in [0.1, 0.15) is 0 Å². The third kappa shape index (κ3) is 2.67. The minimum absolute atomic E-state index is 0.355. The minimum Gasteiger partial charge on any atom is -0.329 e. The number of aromatic nitrogens is 1. The van der Waals surface area contributed by atoms with E-state index in [1.165, 1.54) is 24.9 Å². The summed E-state index contributed by atoms with van der Waals surface area (Å²) in [6.07, 6.45) is 6.32. The average Bonchev–Trinajstić information content (AvgIpc) is 2.81. The highest BCUT2D eigenvalue weighted by atomic mass is 15.2. The van der Waals surface area contributed by atoms with Gasteiger partial charge in [-0.05, 0) is 43.0 Å². The monoisotopic (exact) mass is 233 g/mol. The molecule has 0 aromatic carbocycles. The lowest BCUT2D eigenvalue weighted by Crippen LogP contribution is -2.39. The second-order valence-corrected chi connectivity index (χ2v) is 5.22. The van der Waals surface area contributed by atoms with Gasteiger partial charge in [-0.15, -0.1) is 0 Å².